The molecule has 1 fully saturated rings. The number of methoxy groups -OCH3 is 1. The maximum atomic E-state index is 12.5. The Morgan fingerprint density at radius 3 is 2.79 bits per heavy atom. The Bertz CT molecular complexity index is 693. The topological polar surface area (TPSA) is 66.1 Å². The number of fused-ring (bicyclic) bond motifs is 1. The van der Waals surface area contributed by atoms with Crippen molar-refractivity contribution in [1.82, 2.24) is 15.6 Å². The molecule has 132 valence electrons. The number of benzene rings is 1. The largest absolute Gasteiger partial charge is 0.368 e. The highest BCUT2D eigenvalue weighted by molar-refractivity contribution is 5.87. The van der Waals surface area contributed by atoms with Gasteiger partial charge in [0.2, 0.25) is 0 Å². The smallest absolute Gasteiger partial charge is 0.252 e. The molecule has 2 heterocycles. The molecule has 3 rings (SSSR count). The maximum absolute atomic E-state index is 12.5. The van der Waals surface area contributed by atoms with Crippen LogP contribution in [0, 0.1) is 6.92 Å². The highest BCUT2D eigenvalue weighted by Gasteiger charge is 2.39. The molecule has 1 aromatic carbocycles. The summed E-state index contributed by atoms with van der Waals surface area (Å²) in [6, 6.07) is 6.30. The molecule has 0 atom stereocenters. The molecule has 3 N–H and O–H groups in total. The molecule has 0 radical (unpaired) electrons. The molecule has 24 heavy (non-hydrogen) atoms. The number of rotatable bonds is 5. The third kappa shape index (κ3) is 3.58. The second-order valence-corrected chi connectivity index (χ2v) is 6.27. The van der Waals surface area contributed by atoms with Crippen LogP contribution in [0.25, 0.3) is 10.9 Å². The molecule has 2 aromatic rings. The van der Waals surface area contributed by atoms with Gasteiger partial charge in [-0.05, 0) is 50.4 Å². The molecule has 1 amide bonds. The number of carbonyl (C=O) groups is 1. The van der Waals surface area contributed by atoms with E-state index in [1.54, 1.807) is 7.11 Å². The van der Waals surface area contributed by atoms with E-state index in [1.165, 1.54) is 22.0 Å². The number of halogens is 1. The van der Waals surface area contributed by atoms with Gasteiger partial charge in [0.05, 0.1) is 0 Å². The Morgan fingerprint density at radius 1 is 1.33 bits per heavy atom. The van der Waals surface area contributed by atoms with Crippen molar-refractivity contribution in [2.75, 3.05) is 26.7 Å². The zero-order chi connectivity index (χ0) is 16.3. The summed E-state index contributed by atoms with van der Waals surface area (Å²) in [4.78, 5) is 15.9. The third-order valence-electron chi connectivity index (χ3n) is 4.91. The van der Waals surface area contributed by atoms with Gasteiger partial charge in [0.1, 0.15) is 5.60 Å². The number of hydrogen-bond acceptors (Lipinski definition) is 3. The van der Waals surface area contributed by atoms with Crippen LogP contribution in [0.5, 0.6) is 0 Å². The number of piperidine rings is 1. The van der Waals surface area contributed by atoms with Crippen LogP contribution in [0.15, 0.2) is 24.4 Å². The minimum Gasteiger partial charge on any atom is -0.368 e. The SMILES string of the molecule is COC1(C(=O)NCCc2c[nH]c3c(C)cccc23)CCNCC1.Cl. The van der Waals surface area contributed by atoms with Crippen LogP contribution in [0.3, 0.4) is 0 Å². The molecular formula is C18H26ClN3O2. The number of nitrogens with one attached hydrogen (secondary N) is 3. The summed E-state index contributed by atoms with van der Waals surface area (Å²) in [5.74, 6) is 0.0116. The number of carbonyl (C=O) groups excluding carboxylic acids is 1. The van der Waals surface area contributed by atoms with Crippen molar-refractivity contribution in [2.24, 2.45) is 0 Å². The van der Waals surface area contributed by atoms with Gasteiger partial charge in [-0.15, -0.1) is 12.4 Å². The van der Waals surface area contributed by atoms with Gasteiger partial charge in [-0.3, -0.25) is 4.79 Å². The molecule has 5 nitrogen and oxygen atoms in total. The third-order valence-corrected chi connectivity index (χ3v) is 4.91. The van der Waals surface area contributed by atoms with Crippen molar-refractivity contribution in [3.05, 3.63) is 35.5 Å². The first-order chi connectivity index (χ1) is 11.2. The zero-order valence-electron chi connectivity index (χ0n) is 14.3. The Labute approximate surface area is 148 Å². The molecular weight excluding hydrogens is 326 g/mol. The summed E-state index contributed by atoms with van der Waals surface area (Å²) in [6.07, 6.45) is 4.30. The van der Waals surface area contributed by atoms with Crippen LogP contribution in [0.4, 0.5) is 0 Å². The highest BCUT2D eigenvalue weighted by Crippen LogP contribution is 2.23. The zero-order valence-corrected chi connectivity index (χ0v) is 15.1. The van der Waals surface area contributed by atoms with Gasteiger partial charge in [-0.25, -0.2) is 0 Å². The quantitative estimate of drug-likeness (QED) is 0.774. The van der Waals surface area contributed by atoms with E-state index in [0.29, 0.717) is 6.54 Å². The van der Waals surface area contributed by atoms with E-state index in [4.69, 9.17) is 4.74 Å². The molecule has 6 heteroatoms. The summed E-state index contributed by atoms with van der Waals surface area (Å²) in [7, 11) is 1.63. The van der Waals surface area contributed by atoms with Crippen molar-refractivity contribution in [3.63, 3.8) is 0 Å². The minimum absolute atomic E-state index is 0. The first kappa shape index (κ1) is 18.8. The lowest BCUT2D eigenvalue weighted by Gasteiger charge is -2.34. The molecule has 1 aromatic heterocycles. The lowest BCUT2D eigenvalue weighted by atomic mass is 9.91. The Hall–Kier alpha value is -1.56. The van der Waals surface area contributed by atoms with Crippen LogP contribution < -0.4 is 10.6 Å². The van der Waals surface area contributed by atoms with Crippen LogP contribution >= 0.6 is 12.4 Å². The van der Waals surface area contributed by atoms with Crippen molar-refractivity contribution in [1.29, 1.82) is 0 Å². The number of hydrogen-bond donors (Lipinski definition) is 3. The van der Waals surface area contributed by atoms with Gasteiger partial charge in [0.25, 0.3) is 5.91 Å². The number of amides is 1. The van der Waals surface area contributed by atoms with E-state index in [1.807, 2.05) is 6.20 Å². The van der Waals surface area contributed by atoms with E-state index < -0.39 is 5.60 Å². The number of aromatic nitrogens is 1. The van der Waals surface area contributed by atoms with Gasteiger partial charge in [0.15, 0.2) is 0 Å². The van der Waals surface area contributed by atoms with Crippen molar-refractivity contribution < 1.29 is 9.53 Å². The first-order valence-corrected chi connectivity index (χ1v) is 8.26. The van der Waals surface area contributed by atoms with Crippen LogP contribution in [0.2, 0.25) is 0 Å². The first-order valence-electron chi connectivity index (χ1n) is 8.26. The van der Waals surface area contributed by atoms with Gasteiger partial charge in [-0.2, -0.15) is 0 Å². The monoisotopic (exact) mass is 351 g/mol. The summed E-state index contributed by atoms with van der Waals surface area (Å²) in [5.41, 5.74) is 2.99. The fourth-order valence-corrected chi connectivity index (χ4v) is 3.40. The molecule has 0 spiro atoms. The van der Waals surface area contributed by atoms with Gasteiger partial charge < -0.3 is 20.4 Å². The van der Waals surface area contributed by atoms with E-state index in [2.05, 4.69) is 40.7 Å². The van der Waals surface area contributed by atoms with Crippen molar-refractivity contribution >= 4 is 29.2 Å². The van der Waals surface area contributed by atoms with E-state index in [0.717, 1.165) is 32.4 Å². The summed E-state index contributed by atoms with van der Waals surface area (Å²) < 4.78 is 5.56. The lowest BCUT2D eigenvalue weighted by molar-refractivity contribution is -0.146. The molecule has 1 aliphatic heterocycles. The molecule has 1 aliphatic rings. The van der Waals surface area contributed by atoms with E-state index in [-0.39, 0.29) is 18.3 Å². The number of ether oxygens (including phenoxy) is 1. The molecule has 0 unspecified atom stereocenters. The van der Waals surface area contributed by atoms with E-state index in [9.17, 15) is 4.79 Å². The van der Waals surface area contributed by atoms with Gasteiger partial charge in [0, 0.05) is 30.8 Å². The average molecular weight is 352 g/mol. The number of H-pyrrole nitrogens is 1. The second-order valence-electron chi connectivity index (χ2n) is 6.27. The fraction of sp³-hybridized carbons (Fsp3) is 0.500. The lowest BCUT2D eigenvalue weighted by Crippen LogP contribution is -2.54. The van der Waals surface area contributed by atoms with Crippen LogP contribution in [0.1, 0.15) is 24.0 Å². The summed E-state index contributed by atoms with van der Waals surface area (Å²) >= 11 is 0. The molecule has 0 aliphatic carbocycles. The summed E-state index contributed by atoms with van der Waals surface area (Å²) in [6.45, 7) is 4.37. The number of aromatic amines is 1. The van der Waals surface area contributed by atoms with Crippen molar-refractivity contribution in [3.8, 4) is 0 Å². The molecule has 0 bridgehead atoms. The average Bonchev–Trinajstić information content (AvgIpc) is 3.00. The standard InChI is InChI=1S/C18H25N3O2.ClH/c1-13-4-3-5-15-14(12-21-16(13)15)6-9-20-17(22)18(23-2)7-10-19-11-8-18;/h3-5,12,19,21H,6-11H2,1-2H3,(H,20,22);1H. The Balaban J connectivity index is 0.00000208. The Kier molecular flexibility index (Phi) is 6.27. The fourth-order valence-electron chi connectivity index (χ4n) is 3.40. The van der Waals surface area contributed by atoms with E-state index >= 15 is 0 Å². The molecule has 1 saturated heterocycles. The number of para-hydroxylation sites is 1. The highest BCUT2D eigenvalue weighted by atomic mass is 35.5. The van der Waals surface area contributed by atoms with Crippen molar-refractivity contribution in [2.45, 2.75) is 31.8 Å². The minimum atomic E-state index is -0.665. The van der Waals surface area contributed by atoms with Gasteiger partial charge >= 0.3 is 0 Å². The summed E-state index contributed by atoms with van der Waals surface area (Å²) in [5, 5.41) is 7.56. The predicted octanol–water partition coefficient (Wildman–Crippen LogP) is 2.33. The van der Waals surface area contributed by atoms with Crippen LogP contribution in [-0.4, -0.2) is 43.2 Å². The normalized spacial score (nSPS) is 16.6. The number of aryl methyl sites for hydroxylation is 1. The van der Waals surface area contributed by atoms with Gasteiger partial charge in [-0.1, -0.05) is 18.2 Å². The predicted molar refractivity (Wildman–Crippen MR) is 98.8 cm³/mol. The molecule has 0 saturated carbocycles. The maximum Gasteiger partial charge on any atom is 0.252 e. The second kappa shape index (κ2) is 8.01. The van der Waals surface area contributed by atoms with Crippen LogP contribution in [-0.2, 0) is 16.0 Å². The Morgan fingerprint density at radius 2 is 2.08 bits per heavy atom.